The Morgan fingerprint density at radius 2 is 1.22 bits per heavy atom. The molecule has 174 valence electrons. The molecule has 8 rings (SSSR count). The van der Waals surface area contributed by atoms with Crippen LogP contribution in [0.4, 0.5) is 0 Å². The molecule has 0 aliphatic heterocycles. The maximum absolute atomic E-state index is 13.1. The van der Waals surface area contributed by atoms with Crippen LogP contribution in [0, 0.1) is 0 Å². The number of nitrogens with zero attached hydrogens (tertiary/aromatic N) is 2. The fourth-order valence-electron chi connectivity index (χ4n) is 5.30. The van der Waals surface area contributed by atoms with E-state index >= 15 is 0 Å². The lowest BCUT2D eigenvalue weighted by atomic mass is 10.2. The van der Waals surface area contributed by atoms with E-state index in [9.17, 15) is 4.79 Å². The minimum atomic E-state index is 0.0942. The SMILES string of the molecule is O=c1c2ccccc2sc2cc3nc(-c4ccc(-n5c6ccccc6c6ccccc65)cc4)sc3cc12. The second-order valence-corrected chi connectivity index (χ2v) is 11.3. The van der Waals surface area contributed by atoms with Crippen LogP contribution in [-0.4, -0.2) is 9.55 Å². The zero-order valence-electron chi connectivity index (χ0n) is 19.5. The molecule has 3 aromatic heterocycles. The summed E-state index contributed by atoms with van der Waals surface area (Å²) in [5.74, 6) is 0. The summed E-state index contributed by atoms with van der Waals surface area (Å²) < 4.78 is 5.35. The van der Waals surface area contributed by atoms with E-state index in [1.54, 1.807) is 22.7 Å². The molecule has 0 fully saturated rings. The number of rotatable bonds is 2. The third-order valence-electron chi connectivity index (χ3n) is 7.04. The van der Waals surface area contributed by atoms with Crippen molar-refractivity contribution in [1.29, 1.82) is 0 Å². The molecule has 0 saturated carbocycles. The molecular weight excluding hydrogens is 492 g/mol. The van der Waals surface area contributed by atoms with Gasteiger partial charge in [-0.3, -0.25) is 4.79 Å². The van der Waals surface area contributed by atoms with Crippen LogP contribution >= 0.6 is 22.7 Å². The zero-order chi connectivity index (χ0) is 24.5. The number of benzene rings is 5. The summed E-state index contributed by atoms with van der Waals surface area (Å²) in [6, 6.07) is 37.6. The average molecular weight is 511 g/mol. The van der Waals surface area contributed by atoms with Gasteiger partial charge in [0.05, 0.1) is 21.3 Å². The minimum absolute atomic E-state index is 0.0942. The quantitative estimate of drug-likeness (QED) is 0.218. The molecule has 0 spiro atoms. The Balaban J connectivity index is 1.26. The van der Waals surface area contributed by atoms with Crippen molar-refractivity contribution >= 4 is 74.9 Å². The van der Waals surface area contributed by atoms with Gasteiger partial charge in [0.25, 0.3) is 0 Å². The van der Waals surface area contributed by atoms with Crippen LogP contribution in [0.15, 0.2) is 114 Å². The van der Waals surface area contributed by atoms with Crippen LogP contribution in [0.3, 0.4) is 0 Å². The summed E-state index contributed by atoms with van der Waals surface area (Å²) >= 11 is 3.28. The lowest BCUT2D eigenvalue weighted by molar-refractivity contribution is 1.18. The summed E-state index contributed by atoms with van der Waals surface area (Å²) in [5, 5.41) is 5.03. The zero-order valence-corrected chi connectivity index (χ0v) is 21.1. The summed E-state index contributed by atoms with van der Waals surface area (Å²) in [4.78, 5) is 18.1. The van der Waals surface area contributed by atoms with Gasteiger partial charge in [0.1, 0.15) is 5.01 Å². The molecular formula is C32H18N2OS2. The first-order valence-corrected chi connectivity index (χ1v) is 13.7. The monoisotopic (exact) mass is 510 g/mol. The molecule has 8 aromatic rings. The topological polar surface area (TPSA) is 34.9 Å². The Labute approximate surface area is 219 Å². The van der Waals surface area contributed by atoms with Crippen LogP contribution in [-0.2, 0) is 0 Å². The van der Waals surface area contributed by atoms with Crippen LogP contribution in [0.2, 0.25) is 0 Å². The highest BCUT2D eigenvalue weighted by Crippen LogP contribution is 2.36. The van der Waals surface area contributed by atoms with Gasteiger partial charge < -0.3 is 4.57 Å². The first-order valence-electron chi connectivity index (χ1n) is 12.1. The molecule has 0 N–H and O–H groups in total. The maximum atomic E-state index is 13.1. The Morgan fingerprint density at radius 3 is 1.95 bits per heavy atom. The van der Waals surface area contributed by atoms with Crippen LogP contribution < -0.4 is 5.43 Å². The van der Waals surface area contributed by atoms with Crippen molar-refractivity contribution in [3.63, 3.8) is 0 Å². The highest BCUT2D eigenvalue weighted by molar-refractivity contribution is 7.25. The number of fused-ring (bicyclic) bond motifs is 6. The van der Waals surface area contributed by atoms with Gasteiger partial charge in [-0.2, -0.15) is 0 Å². The number of hydrogen-bond acceptors (Lipinski definition) is 4. The molecule has 5 heteroatoms. The second-order valence-electron chi connectivity index (χ2n) is 9.18. The third kappa shape index (κ3) is 3.11. The van der Waals surface area contributed by atoms with Crippen LogP contribution in [0.25, 0.3) is 68.5 Å². The molecule has 0 aliphatic rings. The van der Waals surface area contributed by atoms with Crippen molar-refractivity contribution in [3.8, 4) is 16.3 Å². The van der Waals surface area contributed by atoms with E-state index in [0.717, 1.165) is 46.6 Å². The van der Waals surface area contributed by atoms with Crippen LogP contribution in [0.5, 0.6) is 0 Å². The fourth-order valence-corrected chi connectivity index (χ4v) is 7.38. The van der Waals surface area contributed by atoms with Crippen LogP contribution in [0.1, 0.15) is 0 Å². The second kappa shape index (κ2) is 7.84. The Kier molecular flexibility index (Phi) is 4.41. The van der Waals surface area contributed by atoms with E-state index in [2.05, 4.69) is 83.4 Å². The van der Waals surface area contributed by atoms with E-state index in [-0.39, 0.29) is 5.43 Å². The molecule has 0 saturated heterocycles. The van der Waals surface area contributed by atoms with Crippen molar-refractivity contribution in [2.45, 2.75) is 0 Å². The van der Waals surface area contributed by atoms with E-state index < -0.39 is 0 Å². The van der Waals surface area contributed by atoms with Gasteiger partial charge in [0.15, 0.2) is 5.43 Å². The van der Waals surface area contributed by atoms with Crippen molar-refractivity contribution in [1.82, 2.24) is 9.55 Å². The largest absolute Gasteiger partial charge is 0.309 e. The molecule has 5 aromatic carbocycles. The molecule has 0 aliphatic carbocycles. The third-order valence-corrected chi connectivity index (χ3v) is 9.24. The predicted octanol–water partition coefficient (Wildman–Crippen LogP) is 8.79. The smallest absolute Gasteiger partial charge is 0.195 e. The lowest BCUT2D eigenvalue weighted by Crippen LogP contribution is -2.00. The number of hydrogen-bond donors (Lipinski definition) is 0. The molecule has 0 radical (unpaired) electrons. The summed E-state index contributed by atoms with van der Waals surface area (Å²) in [7, 11) is 0. The first-order chi connectivity index (χ1) is 18.2. The van der Waals surface area contributed by atoms with E-state index in [4.69, 9.17) is 4.98 Å². The maximum Gasteiger partial charge on any atom is 0.195 e. The average Bonchev–Trinajstić information content (AvgIpc) is 3.51. The van der Waals surface area contributed by atoms with E-state index in [1.165, 1.54) is 21.8 Å². The summed E-state index contributed by atoms with van der Waals surface area (Å²) in [6.45, 7) is 0. The minimum Gasteiger partial charge on any atom is -0.309 e. The van der Waals surface area contributed by atoms with Gasteiger partial charge in [0.2, 0.25) is 0 Å². The van der Waals surface area contributed by atoms with E-state index in [0.29, 0.717) is 0 Å². The predicted molar refractivity (Wildman–Crippen MR) is 159 cm³/mol. The lowest BCUT2D eigenvalue weighted by Gasteiger charge is -2.08. The molecule has 37 heavy (non-hydrogen) atoms. The molecule has 0 amide bonds. The van der Waals surface area contributed by atoms with E-state index in [1.807, 2.05) is 30.3 Å². The van der Waals surface area contributed by atoms with Crippen molar-refractivity contribution in [2.75, 3.05) is 0 Å². The van der Waals surface area contributed by atoms with Crippen molar-refractivity contribution in [3.05, 3.63) is 119 Å². The standard InChI is InChI=1S/C32H18N2OS2/c35-31-23-9-3-6-12-28(23)36-29-18-25-30(17-24(29)31)37-32(33-25)19-13-15-20(16-14-19)34-26-10-4-1-7-21(26)22-8-2-5-11-27(22)34/h1-18H. The van der Waals surface area contributed by atoms with Crippen molar-refractivity contribution in [2.24, 2.45) is 0 Å². The van der Waals surface area contributed by atoms with Crippen molar-refractivity contribution < 1.29 is 0 Å². The van der Waals surface area contributed by atoms with Gasteiger partial charge in [-0.15, -0.1) is 22.7 Å². The van der Waals surface area contributed by atoms with Gasteiger partial charge in [-0.05, 0) is 60.7 Å². The first kappa shape index (κ1) is 20.8. The Morgan fingerprint density at radius 1 is 0.568 bits per heavy atom. The normalized spacial score (nSPS) is 11.9. The Hall–Kier alpha value is -4.32. The highest BCUT2D eigenvalue weighted by atomic mass is 32.1. The number of para-hydroxylation sites is 2. The summed E-state index contributed by atoms with van der Waals surface area (Å²) in [6.07, 6.45) is 0. The highest BCUT2D eigenvalue weighted by Gasteiger charge is 2.14. The molecule has 3 nitrogen and oxygen atoms in total. The Bertz CT molecular complexity index is 2170. The fraction of sp³-hybridized carbons (Fsp3) is 0. The molecule has 3 heterocycles. The molecule has 0 atom stereocenters. The number of aromatic nitrogens is 2. The van der Waals surface area contributed by atoms with Gasteiger partial charge in [-0.1, -0.05) is 48.5 Å². The van der Waals surface area contributed by atoms with Gasteiger partial charge >= 0.3 is 0 Å². The number of thiazole rings is 1. The van der Waals surface area contributed by atoms with Gasteiger partial charge in [-0.25, -0.2) is 4.98 Å². The summed E-state index contributed by atoms with van der Waals surface area (Å²) in [5.41, 5.74) is 5.63. The molecule has 0 bridgehead atoms. The molecule has 0 unspecified atom stereocenters. The van der Waals surface area contributed by atoms with Gasteiger partial charge in [0, 0.05) is 42.2 Å².